The van der Waals surface area contributed by atoms with E-state index in [0.29, 0.717) is 22.0 Å². The predicted octanol–water partition coefficient (Wildman–Crippen LogP) is 4.21. The fourth-order valence-corrected chi connectivity index (χ4v) is 2.10. The van der Waals surface area contributed by atoms with Crippen LogP contribution >= 0.6 is 23.2 Å². The Balaban J connectivity index is 1.97. The standard InChI is InChI=1S/C16H13Cl2NO3/c1-10(20)11-4-2-5-12(8-11)19-15(21)9-22-14-7-3-6-13(17)16(14)18/h2-8H,9H2,1H3,(H,19,21). The SMILES string of the molecule is CC(=O)c1cccc(NC(=O)COc2cccc(Cl)c2Cl)c1. The van der Waals surface area contributed by atoms with Crippen molar-refractivity contribution < 1.29 is 14.3 Å². The van der Waals surface area contributed by atoms with Crippen molar-refractivity contribution in [1.29, 1.82) is 0 Å². The van der Waals surface area contributed by atoms with Crippen molar-refractivity contribution in [3.8, 4) is 5.75 Å². The summed E-state index contributed by atoms with van der Waals surface area (Å²) < 4.78 is 5.33. The third kappa shape index (κ3) is 4.23. The second-order valence-electron chi connectivity index (χ2n) is 4.53. The lowest BCUT2D eigenvalue weighted by Gasteiger charge is -2.10. The first kappa shape index (κ1) is 16.3. The molecule has 114 valence electrons. The Morgan fingerprint density at radius 1 is 1.14 bits per heavy atom. The number of hydrogen-bond acceptors (Lipinski definition) is 3. The van der Waals surface area contributed by atoms with Gasteiger partial charge in [-0.15, -0.1) is 0 Å². The van der Waals surface area contributed by atoms with Crippen molar-refractivity contribution in [3.05, 3.63) is 58.1 Å². The molecule has 1 amide bonds. The molecule has 0 aliphatic carbocycles. The van der Waals surface area contributed by atoms with E-state index in [-0.39, 0.29) is 23.3 Å². The molecule has 0 radical (unpaired) electrons. The molecule has 0 saturated carbocycles. The monoisotopic (exact) mass is 337 g/mol. The Labute approximate surface area is 138 Å². The van der Waals surface area contributed by atoms with Crippen molar-refractivity contribution in [1.82, 2.24) is 0 Å². The van der Waals surface area contributed by atoms with Crippen LogP contribution in [0.3, 0.4) is 0 Å². The normalized spacial score (nSPS) is 10.1. The van der Waals surface area contributed by atoms with Crippen LogP contribution < -0.4 is 10.1 Å². The average Bonchev–Trinajstić information content (AvgIpc) is 2.49. The lowest BCUT2D eigenvalue weighted by molar-refractivity contribution is -0.118. The quantitative estimate of drug-likeness (QED) is 0.831. The molecule has 2 aromatic carbocycles. The van der Waals surface area contributed by atoms with Gasteiger partial charge in [0.15, 0.2) is 12.4 Å². The summed E-state index contributed by atoms with van der Waals surface area (Å²) in [4.78, 5) is 23.2. The van der Waals surface area contributed by atoms with Crippen LogP contribution in [-0.2, 0) is 4.79 Å². The lowest BCUT2D eigenvalue weighted by atomic mass is 10.1. The van der Waals surface area contributed by atoms with Crippen LogP contribution in [0.4, 0.5) is 5.69 Å². The minimum atomic E-state index is -0.364. The van der Waals surface area contributed by atoms with E-state index >= 15 is 0 Å². The number of hydrogen-bond donors (Lipinski definition) is 1. The van der Waals surface area contributed by atoms with Gasteiger partial charge in [0, 0.05) is 11.3 Å². The predicted molar refractivity (Wildman–Crippen MR) is 87.0 cm³/mol. The van der Waals surface area contributed by atoms with Crippen LogP contribution in [0.2, 0.25) is 10.0 Å². The average molecular weight is 338 g/mol. The largest absolute Gasteiger partial charge is 0.482 e. The number of benzene rings is 2. The van der Waals surface area contributed by atoms with Crippen molar-refractivity contribution in [3.63, 3.8) is 0 Å². The van der Waals surface area contributed by atoms with Gasteiger partial charge in [0.05, 0.1) is 5.02 Å². The highest BCUT2D eigenvalue weighted by molar-refractivity contribution is 6.42. The fraction of sp³-hybridized carbons (Fsp3) is 0.125. The molecule has 6 heteroatoms. The van der Waals surface area contributed by atoms with Gasteiger partial charge in [-0.25, -0.2) is 0 Å². The Morgan fingerprint density at radius 2 is 1.86 bits per heavy atom. The molecule has 2 rings (SSSR count). The highest BCUT2D eigenvalue weighted by atomic mass is 35.5. The first-order valence-corrected chi connectivity index (χ1v) is 7.20. The number of ether oxygens (including phenoxy) is 1. The number of halogens is 2. The van der Waals surface area contributed by atoms with Crippen molar-refractivity contribution >= 4 is 40.6 Å². The summed E-state index contributed by atoms with van der Waals surface area (Å²) in [5.74, 6) is -0.100. The third-order valence-electron chi connectivity index (χ3n) is 2.83. The molecule has 0 heterocycles. The fourth-order valence-electron chi connectivity index (χ4n) is 1.75. The van der Waals surface area contributed by atoms with Gasteiger partial charge in [-0.2, -0.15) is 0 Å². The van der Waals surface area contributed by atoms with E-state index in [0.717, 1.165) is 0 Å². The minimum absolute atomic E-state index is 0.0712. The first-order chi connectivity index (χ1) is 10.5. The number of ketones is 1. The molecule has 0 spiro atoms. The van der Waals surface area contributed by atoms with Gasteiger partial charge in [0.1, 0.15) is 10.8 Å². The minimum Gasteiger partial charge on any atom is -0.482 e. The lowest BCUT2D eigenvalue weighted by Crippen LogP contribution is -2.20. The Hall–Kier alpha value is -2.04. The summed E-state index contributed by atoms with van der Waals surface area (Å²) >= 11 is 11.8. The molecule has 22 heavy (non-hydrogen) atoms. The smallest absolute Gasteiger partial charge is 0.262 e. The number of amides is 1. The molecule has 2 aromatic rings. The second kappa shape index (κ2) is 7.29. The molecule has 0 aliphatic rings. The molecular weight excluding hydrogens is 325 g/mol. The van der Waals surface area contributed by atoms with Gasteiger partial charge in [0.2, 0.25) is 0 Å². The van der Waals surface area contributed by atoms with Gasteiger partial charge < -0.3 is 10.1 Å². The summed E-state index contributed by atoms with van der Waals surface area (Å²) in [5, 5.41) is 3.26. The Bertz CT molecular complexity index is 716. The second-order valence-corrected chi connectivity index (χ2v) is 5.31. The van der Waals surface area contributed by atoms with Crippen LogP contribution in [0.1, 0.15) is 17.3 Å². The van der Waals surface area contributed by atoms with E-state index in [9.17, 15) is 9.59 Å². The molecule has 0 fully saturated rings. The molecule has 0 saturated heterocycles. The van der Waals surface area contributed by atoms with Crippen LogP contribution in [0.5, 0.6) is 5.75 Å². The Kier molecular flexibility index (Phi) is 5.41. The zero-order valence-corrected chi connectivity index (χ0v) is 13.2. The number of nitrogens with one attached hydrogen (secondary N) is 1. The molecule has 0 aromatic heterocycles. The van der Waals surface area contributed by atoms with E-state index in [1.165, 1.54) is 6.92 Å². The summed E-state index contributed by atoms with van der Waals surface area (Å²) in [5.41, 5.74) is 1.05. The number of rotatable bonds is 5. The maximum atomic E-state index is 11.9. The van der Waals surface area contributed by atoms with E-state index < -0.39 is 0 Å². The molecule has 0 bridgehead atoms. The summed E-state index contributed by atoms with van der Waals surface area (Å²) in [6, 6.07) is 11.6. The molecule has 0 unspecified atom stereocenters. The van der Waals surface area contributed by atoms with E-state index in [2.05, 4.69) is 5.32 Å². The van der Waals surface area contributed by atoms with Crippen LogP contribution in [-0.4, -0.2) is 18.3 Å². The molecule has 4 nitrogen and oxygen atoms in total. The van der Waals surface area contributed by atoms with E-state index in [4.69, 9.17) is 27.9 Å². The molecule has 0 aliphatic heterocycles. The maximum absolute atomic E-state index is 11.9. The molecule has 1 N–H and O–H groups in total. The van der Waals surface area contributed by atoms with Crippen molar-refractivity contribution in [2.45, 2.75) is 6.92 Å². The number of Topliss-reactive ketones (excluding diaryl/α,β-unsaturated/α-hetero) is 1. The first-order valence-electron chi connectivity index (χ1n) is 6.45. The highest BCUT2D eigenvalue weighted by Gasteiger charge is 2.09. The summed E-state index contributed by atoms with van der Waals surface area (Å²) in [6.45, 7) is 1.25. The number of carbonyl (C=O) groups is 2. The van der Waals surface area contributed by atoms with E-state index in [1.54, 1.807) is 42.5 Å². The van der Waals surface area contributed by atoms with Crippen molar-refractivity contribution in [2.75, 3.05) is 11.9 Å². The highest BCUT2D eigenvalue weighted by Crippen LogP contribution is 2.31. The maximum Gasteiger partial charge on any atom is 0.262 e. The Morgan fingerprint density at radius 3 is 2.59 bits per heavy atom. The molecule has 0 atom stereocenters. The van der Waals surface area contributed by atoms with Gasteiger partial charge in [-0.05, 0) is 31.2 Å². The van der Waals surface area contributed by atoms with Crippen LogP contribution in [0.15, 0.2) is 42.5 Å². The van der Waals surface area contributed by atoms with Crippen LogP contribution in [0, 0.1) is 0 Å². The zero-order chi connectivity index (χ0) is 16.1. The molecular formula is C16H13Cl2NO3. The zero-order valence-electron chi connectivity index (χ0n) is 11.7. The number of anilines is 1. The summed E-state index contributed by atoms with van der Waals surface area (Å²) in [6.07, 6.45) is 0. The third-order valence-corrected chi connectivity index (χ3v) is 3.63. The van der Waals surface area contributed by atoms with Gasteiger partial charge >= 0.3 is 0 Å². The van der Waals surface area contributed by atoms with Gasteiger partial charge in [-0.1, -0.05) is 41.4 Å². The van der Waals surface area contributed by atoms with Gasteiger partial charge in [0.25, 0.3) is 5.91 Å². The van der Waals surface area contributed by atoms with Gasteiger partial charge in [-0.3, -0.25) is 9.59 Å². The van der Waals surface area contributed by atoms with E-state index in [1.807, 2.05) is 0 Å². The number of carbonyl (C=O) groups excluding carboxylic acids is 2. The topological polar surface area (TPSA) is 55.4 Å². The summed E-state index contributed by atoms with van der Waals surface area (Å²) in [7, 11) is 0. The van der Waals surface area contributed by atoms with Crippen LogP contribution in [0.25, 0.3) is 0 Å². The van der Waals surface area contributed by atoms with Crippen molar-refractivity contribution in [2.24, 2.45) is 0 Å².